The van der Waals surface area contributed by atoms with Crippen LogP contribution < -0.4 is 11.1 Å². The van der Waals surface area contributed by atoms with Gasteiger partial charge in [-0.05, 0) is 62.4 Å². The highest BCUT2D eigenvalue weighted by atomic mass is 16.2. The molecule has 2 aromatic heterocycles. The second kappa shape index (κ2) is 7.67. The number of carbonyl (C=O) groups excluding carboxylic acids is 2. The number of rotatable bonds is 5. The first-order valence-corrected chi connectivity index (χ1v) is 9.31. The van der Waals surface area contributed by atoms with E-state index in [1.165, 1.54) is 4.68 Å². The summed E-state index contributed by atoms with van der Waals surface area (Å²) < 4.78 is 3.45. The van der Waals surface area contributed by atoms with Crippen molar-refractivity contribution in [3.05, 3.63) is 89.8 Å². The van der Waals surface area contributed by atoms with Crippen molar-refractivity contribution in [1.29, 1.82) is 0 Å². The summed E-state index contributed by atoms with van der Waals surface area (Å²) in [5, 5.41) is 7.28. The van der Waals surface area contributed by atoms with Crippen molar-refractivity contribution in [2.75, 3.05) is 5.32 Å². The van der Waals surface area contributed by atoms with Gasteiger partial charge in [0.2, 0.25) is 5.91 Å². The lowest BCUT2D eigenvalue weighted by atomic mass is 10.2. The Kier molecular flexibility index (Phi) is 4.89. The van der Waals surface area contributed by atoms with Gasteiger partial charge in [0.15, 0.2) is 0 Å². The number of nitrogens with one attached hydrogen (secondary N) is 1. The molecule has 0 radical (unpaired) electrons. The number of primary amides is 1. The molecule has 150 valence electrons. The monoisotopic (exact) mass is 400 g/mol. The van der Waals surface area contributed by atoms with E-state index in [4.69, 9.17) is 5.73 Å². The normalized spacial score (nSPS) is 10.7. The van der Waals surface area contributed by atoms with E-state index in [0.29, 0.717) is 28.3 Å². The minimum absolute atomic E-state index is 0.313. The van der Waals surface area contributed by atoms with E-state index >= 15 is 0 Å². The molecule has 2 heterocycles. The molecular weight excluding hydrogens is 380 g/mol. The van der Waals surface area contributed by atoms with Crippen LogP contribution in [0.3, 0.4) is 0 Å². The van der Waals surface area contributed by atoms with Gasteiger partial charge >= 0.3 is 0 Å². The standard InChI is InChI=1S/C22H20N6O2/c1-14-12-20(28(26-14)19-5-3-4-16(13-19)21(23)29)22(30)25-17-6-8-18(9-7-17)27-11-10-24-15(27)2/h3-13H,1-2H3,(H2,23,29)(H,25,30). The lowest BCUT2D eigenvalue weighted by Crippen LogP contribution is -2.17. The molecule has 30 heavy (non-hydrogen) atoms. The van der Waals surface area contributed by atoms with Gasteiger partial charge in [0.1, 0.15) is 11.5 Å². The van der Waals surface area contributed by atoms with E-state index in [0.717, 1.165) is 11.5 Å². The fourth-order valence-electron chi connectivity index (χ4n) is 3.20. The van der Waals surface area contributed by atoms with Crippen LogP contribution in [0.2, 0.25) is 0 Å². The minimum Gasteiger partial charge on any atom is -0.366 e. The average Bonchev–Trinajstić information content (AvgIpc) is 3.34. The Morgan fingerprint density at radius 3 is 2.43 bits per heavy atom. The van der Waals surface area contributed by atoms with E-state index in [2.05, 4.69) is 15.4 Å². The van der Waals surface area contributed by atoms with Gasteiger partial charge < -0.3 is 15.6 Å². The largest absolute Gasteiger partial charge is 0.366 e. The van der Waals surface area contributed by atoms with E-state index in [1.54, 1.807) is 43.5 Å². The predicted molar refractivity (Wildman–Crippen MR) is 113 cm³/mol. The molecule has 0 spiro atoms. The number of aromatic nitrogens is 4. The molecule has 0 aliphatic carbocycles. The zero-order chi connectivity index (χ0) is 21.3. The summed E-state index contributed by atoms with van der Waals surface area (Å²) in [6.45, 7) is 3.72. The summed E-state index contributed by atoms with van der Waals surface area (Å²) in [5.74, 6) is 0.0240. The third kappa shape index (κ3) is 3.70. The van der Waals surface area contributed by atoms with E-state index in [1.807, 2.05) is 42.0 Å². The van der Waals surface area contributed by atoms with Crippen molar-refractivity contribution < 1.29 is 9.59 Å². The number of hydrogen-bond acceptors (Lipinski definition) is 4. The Morgan fingerprint density at radius 2 is 1.77 bits per heavy atom. The van der Waals surface area contributed by atoms with E-state index in [-0.39, 0.29) is 5.91 Å². The first kappa shape index (κ1) is 19.1. The molecule has 0 saturated carbocycles. The van der Waals surface area contributed by atoms with E-state index in [9.17, 15) is 9.59 Å². The molecule has 4 rings (SSSR count). The van der Waals surface area contributed by atoms with Gasteiger partial charge in [-0.15, -0.1) is 0 Å². The van der Waals surface area contributed by atoms with Gasteiger partial charge in [0, 0.05) is 29.3 Å². The zero-order valence-corrected chi connectivity index (χ0v) is 16.5. The van der Waals surface area contributed by atoms with Crippen molar-refractivity contribution in [2.45, 2.75) is 13.8 Å². The van der Waals surface area contributed by atoms with Crippen LogP contribution in [0.4, 0.5) is 5.69 Å². The number of imidazole rings is 1. The highest BCUT2D eigenvalue weighted by Crippen LogP contribution is 2.18. The fourth-order valence-corrected chi connectivity index (χ4v) is 3.20. The molecule has 0 saturated heterocycles. The van der Waals surface area contributed by atoms with Crippen LogP contribution in [0.15, 0.2) is 67.0 Å². The lowest BCUT2D eigenvalue weighted by molar-refractivity contribution is 0.0997. The third-order valence-corrected chi connectivity index (χ3v) is 4.67. The van der Waals surface area contributed by atoms with Crippen LogP contribution in [0.25, 0.3) is 11.4 Å². The lowest BCUT2D eigenvalue weighted by Gasteiger charge is -2.10. The molecule has 0 bridgehead atoms. The maximum Gasteiger partial charge on any atom is 0.274 e. The summed E-state index contributed by atoms with van der Waals surface area (Å²) in [7, 11) is 0. The number of hydrogen-bond donors (Lipinski definition) is 2. The Bertz CT molecular complexity index is 1240. The predicted octanol–water partition coefficient (Wildman–Crippen LogP) is 3.03. The number of aryl methyl sites for hydroxylation is 2. The molecule has 0 atom stereocenters. The first-order chi connectivity index (χ1) is 14.4. The highest BCUT2D eigenvalue weighted by Gasteiger charge is 2.16. The van der Waals surface area contributed by atoms with E-state index < -0.39 is 5.91 Å². The van der Waals surface area contributed by atoms with Gasteiger partial charge in [0.25, 0.3) is 5.91 Å². The molecule has 8 nitrogen and oxygen atoms in total. The molecule has 8 heteroatoms. The van der Waals surface area contributed by atoms with Crippen LogP contribution in [0.1, 0.15) is 32.4 Å². The Balaban J connectivity index is 1.60. The maximum absolute atomic E-state index is 12.9. The maximum atomic E-state index is 12.9. The van der Waals surface area contributed by atoms with Crippen molar-refractivity contribution in [1.82, 2.24) is 19.3 Å². The second-order valence-corrected chi connectivity index (χ2v) is 6.84. The second-order valence-electron chi connectivity index (χ2n) is 6.84. The number of amides is 2. The van der Waals surface area contributed by atoms with Crippen molar-refractivity contribution in [3.63, 3.8) is 0 Å². The van der Waals surface area contributed by atoms with Gasteiger partial charge in [-0.3, -0.25) is 9.59 Å². The molecule has 2 aromatic carbocycles. The number of nitrogens with zero attached hydrogens (tertiary/aromatic N) is 4. The number of nitrogens with two attached hydrogens (primary N) is 1. The van der Waals surface area contributed by atoms with Crippen LogP contribution >= 0.6 is 0 Å². The Morgan fingerprint density at radius 1 is 1.00 bits per heavy atom. The third-order valence-electron chi connectivity index (χ3n) is 4.67. The highest BCUT2D eigenvalue weighted by molar-refractivity contribution is 6.03. The summed E-state index contributed by atoms with van der Waals surface area (Å²) in [5.41, 5.74) is 8.92. The molecule has 0 unspecified atom stereocenters. The summed E-state index contributed by atoms with van der Waals surface area (Å²) in [4.78, 5) is 28.6. The molecule has 4 aromatic rings. The Hall–Kier alpha value is -4.20. The summed E-state index contributed by atoms with van der Waals surface area (Å²) in [6, 6.07) is 15.8. The quantitative estimate of drug-likeness (QED) is 0.537. The summed E-state index contributed by atoms with van der Waals surface area (Å²) in [6.07, 6.45) is 3.62. The fraction of sp³-hybridized carbons (Fsp3) is 0.0909. The number of benzene rings is 2. The van der Waals surface area contributed by atoms with Gasteiger partial charge in [-0.1, -0.05) is 6.07 Å². The van der Waals surface area contributed by atoms with Crippen molar-refractivity contribution in [2.24, 2.45) is 5.73 Å². The van der Waals surface area contributed by atoms with Crippen LogP contribution in [-0.2, 0) is 0 Å². The molecule has 2 amide bonds. The topological polar surface area (TPSA) is 108 Å². The number of anilines is 1. The average molecular weight is 400 g/mol. The summed E-state index contributed by atoms with van der Waals surface area (Å²) >= 11 is 0. The molecule has 0 aliphatic rings. The van der Waals surface area contributed by atoms with Crippen LogP contribution in [-0.4, -0.2) is 31.1 Å². The van der Waals surface area contributed by atoms with Crippen molar-refractivity contribution >= 4 is 17.5 Å². The zero-order valence-electron chi connectivity index (χ0n) is 16.5. The molecule has 0 fully saturated rings. The SMILES string of the molecule is Cc1cc(C(=O)Nc2ccc(-n3ccnc3C)cc2)n(-c2cccc(C(N)=O)c2)n1. The van der Waals surface area contributed by atoms with Crippen LogP contribution in [0.5, 0.6) is 0 Å². The van der Waals surface area contributed by atoms with Crippen molar-refractivity contribution in [3.8, 4) is 11.4 Å². The van der Waals surface area contributed by atoms with Gasteiger partial charge in [-0.2, -0.15) is 5.10 Å². The number of carbonyl (C=O) groups is 2. The van der Waals surface area contributed by atoms with Crippen LogP contribution in [0, 0.1) is 13.8 Å². The first-order valence-electron chi connectivity index (χ1n) is 9.31. The molecule has 3 N–H and O–H groups in total. The minimum atomic E-state index is -0.542. The van der Waals surface area contributed by atoms with Gasteiger partial charge in [-0.25, -0.2) is 9.67 Å². The Labute approximate surface area is 173 Å². The molecular formula is C22H20N6O2. The van der Waals surface area contributed by atoms with Gasteiger partial charge in [0.05, 0.1) is 11.4 Å². The smallest absolute Gasteiger partial charge is 0.274 e. The molecule has 0 aliphatic heterocycles.